The summed E-state index contributed by atoms with van der Waals surface area (Å²) in [5.41, 5.74) is 1.17. The summed E-state index contributed by atoms with van der Waals surface area (Å²) in [6.07, 6.45) is 0.461. The molecular weight excluding hydrogens is 1030 g/mol. The molecule has 4 aliphatic heterocycles. The highest BCUT2D eigenvalue weighted by Gasteiger charge is 2.47. The van der Waals surface area contributed by atoms with Crippen molar-refractivity contribution in [2.24, 2.45) is 4.99 Å². The predicted octanol–water partition coefficient (Wildman–Crippen LogP) is 1.40. The Morgan fingerprint density at radius 3 is 2.38 bits per heavy atom. The molecule has 0 aliphatic carbocycles. The van der Waals surface area contributed by atoms with Crippen LogP contribution in [-0.4, -0.2) is 120 Å². The number of carbonyl (C=O) groups excluding carboxylic acids is 1. The molecule has 2 aromatic carbocycles. The molecule has 2 unspecified atom stereocenters. The fourth-order valence-electron chi connectivity index (χ4n) is 9.13. The van der Waals surface area contributed by atoms with E-state index in [1.807, 2.05) is 42.5 Å². The highest BCUT2D eigenvalue weighted by Crippen LogP contribution is 2.66. The zero-order chi connectivity index (χ0) is 53.1. The van der Waals surface area contributed by atoms with Gasteiger partial charge in [0, 0.05) is 63.3 Å². The second kappa shape index (κ2) is 20.1. The van der Waals surface area contributed by atoms with Crippen LogP contribution in [0.2, 0.25) is 0 Å². The summed E-state index contributed by atoms with van der Waals surface area (Å²) in [4.78, 5) is 84.3. The summed E-state index contributed by atoms with van der Waals surface area (Å²) in [7, 11) is -21.9. The summed E-state index contributed by atoms with van der Waals surface area (Å²) in [5.74, 6) is -0.194. The monoisotopic (exact) mass is 1090 g/mol. The Bertz CT molecular complexity index is 3330. The fourth-order valence-corrected chi connectivity index (χ4v) is 12.8. The zero-order valence-corrected chi connectivity index (χ0v) is 42.9. The van der Waals surface area contributed by atoms with E-state index in [0.717, 1.165) is 29.6 Å². The number of fused-ring (bicyclic) bond motifs is 4. The molecule has 3 aromatic rings. The summed E-state index contributed by atoms with van der Waals surface area (Å²) in [6, 6.07) is 7.42. The Hall–Kier alpha value is -4.79. The number of hydrogen-bond donors (Lipinski definition) is 8. The third-order valence-corrected chi connectivity index (χ3v) is 16.5. The van der Waals surface area contributed by atoms with Gasteiger partial charge in [-0.25, -0.2) is 36.5 Å². The normalized spacial score (nSPS) is 22.8. The first-order chi connectivity index (χ1) is 33.3. The van der Waals surface area contributed by atoms with Crippen LogP contribution in [-0.2, 0) is 46.5 Å². The minimum absolute atomic E-state index is 0.0165. The Balaban J connectivity index is 1.03. The zero-order valence-electron chi connectivity index (χ0n) is 39.4. The third kappa shape index (κ3) is 12.4. The second-order valence-corrected chi connectivity index (χ2v) is 24.1. The molecule has 0 bridgehead atoms. The molecule has 7 rings (SSSR count). The van der Waals surface area contributed by atoms with Crippen LogP contribution >= 0.6 is 23.5 Å². The molecule has 0 saturated carbocycles. The first-order valence-electron chi connectivity index (χ1n) is 22.0. The van der Waals surface area contributed by atoms with E-state index in [1.165, 1.54) is 12.2 Å². The number of phosphoric acid groups is 3. The number of anilines is 1. The molecule has 4 aliphatic rings. The predicted molar refractivity (Wildman–Crippen MR) is 255 cm³/mol. The van der Waals surface area contributed by atoms with Crippen molar-refractivity contribution in [3.05, 3.63) is 96.9 Å². The number of nitrogens with zero attached hydrogens (tertiary/aromatic N) is 4. The van der Waals surface area contributed by atoms with Crippen LogP contribution in [0.15, 0.2) is 63.3 Å². The average molecular weight is 1090 g/mol. The Morgan fingerprint density at radius 2 is 1.71 bits per heavy atom. The van der Waals surface area contributed by atoms with Crippen molar-refractivity contribution in [1.82, 2.24) is 19.4 Å². The lowest BCUT2D eigenvalue weighted by molar-refractivity contribution is -0.121. The number of likely N-dealkylation sites (N-methyl/N-ethyl adjacent to an activating group) is 1. The molecule has 1 fully saturated rings. The van der Waals surface area contributed by atoms with Crippen LogP contribution in [0.5, 0.6) is 11.5 Å². The summed E-state index contributed by atoms with van der Waals surface area (Å²) in [5, 5.41) is 24.9. The lowest BCUT2D eigenvalue weighted by Crippen LogP contribution is -2.50. The van der Waals surface area contributed by atoms with E-state index < -0.39 is 87.3 Å². The Kier molecular flexibility index (Phi) is 15.4. The molecule has 392 valence electrons. The maximum Gasteiger partial charge on any atom is 0.490 e. The van der Waals surface area contributed by atoms with E-state index in [1.54, 1.807) is 18.2 Å². The molecular formula is C42H53N6O20P3S. The van der Waals surface area contributed by atoms with Crippen molar-refractivity contribution >= 4 is 68.1 Å². The number of ether oxygens (including phenoxy) is 2. The molecule has 1 amide bonds. The van der Waals surface area contributed by atoms with Crippen molar-refractivity contribution in [3.8, 4) is 11.5 Å². The summed E-state index contributed by atoms with van der Waals surface area (Å²) in [6.45, 7) is 11.9. The average Bonchev–Trinajstić information content (AvgIpc) is 3.51. The van der Waals surface area contributed by atoms with Gasteiger partial charge in [-0.3, -0.25) is 23.7 Å². The maximum absolute atomic E-state index is 13.1. The van der Waals surface area contributed by atoms with Crippen molar-refractivity contribution in [2.75, 3.05) is 36.9 Å². The number of aliphatic hydroxyl groups excluding tert-OH is 2. The molecule has 1 aromatic heterocycles. The van der Waals surface area contributed by atoms with Gasteiger partial charge in [0.2, 0.25) is 11.3 Å². The number of rotatable bonds is 18. The number of aromatic nitrogens is 2. The van der Waals surface area contributed by atoms with Crippen LogP contribution in [0.1, 0.15) is 77.3 Å². The first-order valence-corrected chi connectivity index (χ1v) is 28.1. The summed E-state index contributed by atoms with van der Waals surface area (Å²) < 4.78 is 97.5. The first kappa shape index (κ1) is 55.0. The van der Waals surface area contributed by atoms with E-state index in [0.29, 0.717) is 56.6 Å². The molecule has 0 radical (unpaired) electrons. The van der Waals surface area contributed by atoms with Gasteiger partial charge in [0.05, 0.1) is 45.2 Å². The second-order valence-electron chi connectivity index (χ2n) is 18.3. The van der Waals surface area contributed by atoms with Crippen molar-refractivity contribution in [2.45, 2.75) is 90.0 Å². The van der Waals surface area contributed by atoms with Crippen molar-refractivity contribution in [3.63, 3.8) is 0 Å². The van der Waals surface area contributed by atoms with E-state index >= 15 is 0 Å². The number of benzene rings is 2. The van der Waals surface area contributed by atoms with Gasteiger partial charge in [-0.2, -0.15) is 8.62 Å². The van der Waals surface area contributed by atoms with Crippen LogP contribution in [0.4, 0.5) is 11.4 Å². The van der Waals surface area contributed by atoms with Gasteiger partial charge in [0.25, 0.3) is 5.56 Å². The lowest BCUT2D eigenvalue weighted by atomic mass is 9.88. The third-order valence-electron chi connectivity index (χ3n) is 12.0. The minimum Gasteiger partial charge on any atom is -0.748 e. The van der Waals surface area contributed by atoms with Gasteiger partial charge in [0.1, 0.15) is 35.9 Å². The quantitative estimate of drug-likeness (QED) is 0.0396. The largest absolute Gasteiger partial charge is 0.748 e. The topological polar surface area (TPSA) is 379 Å². The van der Waals surface area contributed by atoms with E-state index in [2.05, 4.69) is 50.2 Å². The minimum atomic E-state index is -5.86. The Morgan fingerprint density at radius 1 is 1.00 bits per heavy atom. The molecule has 0 spiro atoms. The SMILES string of the molecule is CCN1c2cc3c(cc2C(C)=CC1(C)C)N=c1cc2c(cc1O3)=[N+](CCCC(=O)NC/C=C/c1cn([C@@H]3O[C@H](COP(=O)(O)OP(=O)(O)OP(=O)(O)O)[C@@H](O)[C@H]3O)c(=O)[nH]c1=O)C(C)(C)C=C2CS(=O)(=O)[O-]. The van der Waals surface area contributed by atoms with Gasteiger partial charge in [-0.1, -0.05) is 18.2 Å². The number of allylic oxidation sites excluding steroid dienone is 1. The lowest BCUT2D eigenvalue weighted by Gasteiger charge is -2.43. The maximum atomic E-state index is 13.1. The smallest absolute Gasteiger partial charge is 0.490 e. The summed E-state index contributed by atoms with van der Waals surface area (Å²) >= 11 is 0. The number of nitrogens with one attached hydrogen (secondary N) is 2. The number of phosphoric ester groups is 1. The van der Waals surface area contributed by atoms with Crippen LogP contribution in [0.3, 0.4) is 0 Å². The van der Waals surface area contributed by atoms with Crippen molar-refractivity contribution < 1.29 is 83.9 Å². The van der Waals surface area contributed by atoms with Gasteiger partial charge in [-0.15, -0.1) is 0 Å². The number of hydrogen-bond acceptors (Lipinski definition) is 18. The van der Waals surface area contributed by atoms with Gasteiger partial charge in [0.15, 0.2) is 23.3 Å². The molecule has 5 heterocycles. The van der Waals surface area contributed by atoms with E-state index in [9.17, 15) is 61.0 Å². The van der Waals surface area contributed by atoms with Crippen molar-refractivity contribution in [1.29, 1.82) is 0 Å². The van der Waals surface area contributed by atoms with E-state index in [-0.39, 0.29) is 30.0 Å². The molecule has 6 atom stereocenters. The molecule has 26 nitrogen and oxygen atoms in total. The van der Waals surface area contributed by atoms with E-state index in [4.69, 9.17) is 24.3 Å². The fraction of sp³-hybridized carbons (Fsp3) is 0.452. The number of H-pyrrole nitrogens is 1. The Labute approximate surface area is 410 Å². The number of aromatic amines is 1. The molecule has 30 heteroatoms. The molecule has 1 saturated heterocycles. The van der Waals surface area contributed by atoms with Gasteiger partial charge in [-0.05, 0) is 57.0 Å². The van der Waals surface area contributed by atoms with Crippen LogP contribution in [0.25, 0.3) is 17.2 Å². The molecule has 8 N–H and O–H groups in total. The number of carbonyl (C=O) groups is 1. The highest BCUT2D eigenvalue weighted by atomic mass is 32.2. The highest BCUT2D eigenvalue weighted by molar-refractivity contribution is 7.86. The molecule has 72 heavy (non-hydrogen) atoms. The number of amides is 1. The van der Waals surface area contributed by atoms with Crippen LogP contribution in [0, 0.1) is 0 Å². The van der Waals surface area contributed by atoms with Gasteiger partial charge < -0.3 is 54.0 Å². The number of aliphatic hydroxyl groups is 2. The van der Waals surface area contributed by atoms with Crippen LogP contribution < -0.4 is 41.5 Å². The van der Waals surface area contributed by atoms with Gasteiger partial charge >= 0.3 is 29.2 Å². The standard InChI is InChI=1S/C42H53N6O20P3S/c1-7-47-30-16-32-28(14-26(30)23(2)18-41(47,3)4)44-29-15-27-25(22-72(61,62)63)19-42(5,6)48(31(27)17-33(29)65-32)13-9-11-35(49)43-12-8-10-24-20-46(40(53)45-38(24)52)39-37(51)36(50)34(66-39)21-64-70(57,58)68-71(59,60)67-69(54,55)56/h8,10,14-20,34,36-37,39,50-51H,7,9,11-13,21-22H2,1-6H3,(H6-,43,45,49,52,53,54,55,56,57,58,59,60,61,62,63)/b10-8+/t34-,36-,37-,39-/m1/s1.